The van der Waals surface area contributed by atoms with Gasteiger partial charge in [-0.1, -0.05) is 32.0 Å². The number of amides is 4. The molecule has 0 saturated carbocycles. The smallest absolute Gasteiger partial charge is 0.255 e. The lowest BCUT2D eigenvalue weighted by atomic mass is 10.0. The normalized spacial score (nSPS) is 19.5. The summed E-state index contributed by atoms with van der Waals surface area (Å²) in [4.78, 5) is 55.6. The third-order valence-electron chi connectivity index (χ3n) is 5.74. The van der Waals surface area contributed by atoms with E-state index in [1.165, 1.54) is 0 Å². The number of hydrogen-bond donors (Lipinski definition) is 4. The summed E-state index contributed by atoms with van der Waals surface area (Å²) in [7, 11) is 0. The summed E-state index contributed by atoms with van der Waals surface area (Å²) in [6.45, 7) is 4.33. The zero-order valence-corrected chi connectivity index (χ0v) is 20.6. The standard InChI is InChI=1S/C26H33N5O5/c1-17(2)23-26(35)29-15-16-36-21-9-4-3-8-19(21)24(33)30-20(10-11-22(32)31-23)25(34)28-14-12-18-7-5-6-13-27-18/h3-9,13,17,20,23H,10-12,14-16H2,1-2H3,(H,28,34)(H,29,35)(H,30,33)(H,31,32)/t20-,23+/m0/s1. The van der Waals surface area contributed by atoms with Gasteiger partial charge in [0, 0.05) is 31.3 Å². The number of nitrogens with zero attached hydrogens (tertiary/aromatic N) is 1. The Morgan fingerprint density at radius 3 is 2.64 bits per heavy atom. The maximum Gasteiger partial charge on any atom is 0.255 e. The Morgan fingerprint density at radius 1 is 1.11 bits per heavy atom. The van der Waals surface area contributed by atoms with Gasteiger partial charge < -0.3 is 26.0 Å². The summed E-state index contributed by atoms with van der Waals surface area (Å²) >= 11 is 0. The molecule has 3 rings (SSSR count). The maximum absolute atomic E-state index is 13.1. The van der Waals surface area contributed by atoms with Crippen LogP contribution in [0, 0.1) is 5.92 Å². The van der Waals surface area contributed by atoms with Gasteiger partial charge in [0.05, 0.1) is 12.1 Å². The molecule has 1 aliphatic rings. The van der Waals surface area contributed by atoms with Crippen LogP contribution in [-0.4, -0.2) is 60.4 Å². The zero-order chi connectivity index (χ0) is 25.9. The molecular weight excluding hydrogens is 462 g/mol. The van der Waals surface area contributed by atoms with E-state index in [-0.39, 0.29) is 49.3 Å². The van der Waals surface area contributed by atoms with E-state index in [0.717, 1.165) is 5.69 Å². The fourth-order valence-electron chi connectivity index (χ4n) is 3.77. The topological polar surface area (TPSA) is 139 Å². The van der Waals surface area contributed by atoms with Crippen LogP contribution < -0.4 is 26.0 Å². The van der Waals surface area contributed by atoms with Crippen LogP contribution in [0.3, 0.4) is 0 Å². The summed E-state index contributed by atoms with van der Waals surface area (Å²) < 4.78 is 5.74. The Kier molecular flexibility index (Phi) is 9.79. The molecule has 0 unspecified atom stereocenters. The molecule has 192 valence electrons. The van der Waals surface area contributed by atoms with Gasteiger partial charge in [-0.15, -0.1) is 0 Å². The molecule has 36 heavy (non-hydrogen) atoms. The number of carbonyl (C=O) groups is 4. The van der Waals surface area contributed by atoms with Crippen molar-refractivity contribution in [3.05, 3.63) is 59.9 Å². The number of fused-ring (bicyclic) bond motifs is 1. The second-order valence-electron chi connectivity index (χ2n) is 8.85. The van der Waals surface area contributed by atoms with Crippen LogP contribution in [0.4, 0.5) is 0 Å². The van der Waals surface area contributed by atoms with Crippen LogP contribution in [0.15, 0.2) is 48.7 Å². The van der Waals surface area contributed by atoms with Crippen molar-refractivity contribution >= 4 is 23.6 Å². The summed E-state index contributed by atoms with van der Waals surface area (Å²) in [6, 6.07) is 10.5. The first kappa shape index (κ1) is 26.7. The highest BCUT2D eigenvalue weighted by molar-refractivity contribution is 5.99. The Labute approximate surface area is 210 Å². The average Bonchev–Trinajstić information content (AvgIpc) is 2.87. The molecule has 0 bridgehead atoms. The highest BCUT2D eigenvalue weighted by Gasteiger charge is 2.27. The van der Waals surface area contributed by atoms with Gasteiger partial charge in [0.2, 0.25) is 17.7 Å². The number of pyridine rings is 1. The second-order valence-corrected chi connectivity index (χ2v) is 8.85. The Balaban J connectivity index is 1.76. The lowest BCUT2D eigenvalue weighted by molar-refractivity contribution is -0.130. The van der Waals surface area contributed by atoms with Crippen LogP contribution in [-0.2, 0) is 20.8 Å². The van der Waals surface area contributed by atoms with E-state index >= 15 is 0 Å². The van der Waals surface area contributed by atoms with Gasteiger partial charge in [-0.05, 0) is 36.6 Å². The van der Waals surface area contributed by atoms with Crippen LogP contribution in [0.1, 0.15) is 42.7 Å². The monoisotopic (exact) mass is 495 g/mol. The average molecular weight is 496 g/mol. The van der Waals surface area contributed by atoms with Gasteiger partial charge in [0.15, 0.2) is 0 Å². The number of ether oxygens (including phenoxy) is 1. The molecule has 0 radical (unpaired) electrons. The van der Waals surface area contributed by atoms with Crippen molar-refractivity contribution in [1.82, 2.24) is 26.3 Å². The Bertz CT molecular complexity index is 1060. The summed E-state index contributed by atoms with van der Waals surface area (Å²) in [5.74, 6) is -1.40. The summed E-state index contributed by atoms with van der Waals surface area (Å²) in [6.07, 6.45) is 2.21. The van der Waals surface area contributed by atoms with Crippen molar-refractivity contribution in [2.24, 2.45) is 5.92 Å². The number of hydrogen-bond acceptors (Lipinski definition) is 6. The molecular formula is C26H33N5O5. The molecule has 4 N–H and O–H groups in total. The minimum absolute atomic E-state index is 0.0484. The number of rotatable bonds is 5. The van der Waals surface area contributed by atoms with Gasteiger partial charge in [0.25, 0.3) is 5.91 Å². The quantitative estimate of drug-likeness (QED) is 0.488. The van der Waals surface area contributed by atoms with E-state index < -0.39 is 23.9 Å². The highest BCUT2D eigenvalue weighted by atomic mass is 16.5. The third-order valence-corrected chi connectivity index (χ3v) is 5.74. The van der Waals surface area contributed by atoms with Crippen LogP contribution in [0.5, 0.6) is 5.75 Å². The highest BCUT2D eigenvalue weighted by Crippen LogP contribution is 2.18. The number of para-hydroxylation sites is 1. The second kappa shape index (κ2) is 13.2. The largest absolute Gasteiger partial charge is 0.491 e. The lowest BCUT2D eigenvalue weighted by Gasteiger charge is -2.22. The van der Waals surface area contributed by atoms with Crippen molar-refractivity contribution in [1.29, 1.82) is 0 Å². The van der Waals surface area contributed by atoms with Gasteiger partial charge in [0.1, 0.15) is 24.4 Å². The van der Waals surface area contributed by atoms with E-state index in [1.807, 2.05) is 32.0 Å². The van der Waals surface area contributed by atoms with Crippen molar-refractivity contribution in [3.63, 3.8) is 0 Å². The fourth-order valence-corrected chi connectivity index (χ4v) is 3.77. The molecule has 1 aromatic heterocycles. The summed E-state index contributed by atoms with van der Waals surface area (Å²) in [5.41, 5.74) is 1.09. The third kappa shape index (κ3) is 7.79. The van der Waals surface area contributed by atoms with E-state index in [4.69, 9.17) is 4.74 Å². The molecule has 1 aliphatic heterocycles. The number of benzene rings is 1. The minimum atomic E-state index is -0.962. The molecule has 1 aromatic carbocycles. The lowest BCUT2D eigenvalue weighted by Crippen LogP contribution is -2.51. The van der Waals surface area contributed by atoms with Crippen molar-refractivity contribution < 1.29 is 23.9 Å². The van der Waals surface area contributed by atoms with Crippen LogP contribution >= 0.6 is 0 Å². The molecule has 0 spiro atoms. The van der Waals surface area contributed by atoms with Crippen molar-refractivity contribution in [2.75, 3.05) is 19.7 Å². The van der Waals surface area contributed by atoms with Gasteiger partial charge in [-0.25, -0.2) is 0 Å². The van der Waals surface area contributed by atoms with Crippen molar-refractivity contribution in [2.45, 2.75) is 45.2 Å². The molecule has 4 amide bonds. The van der Waals surface area contributed by atoms with Gasteiger partial charge >= 0.3 is 0 Å². The minimum Gasteiger partial charge on any atom is -0.491 e. The zero-order valence-electron chi connectivity index (χ0n) is 20.6. The molecule has 0 saturated heterocycles. The number of carbonyl (C=O) groups excluding carboxylic acids is 4. The summed E-state index contributed by atoms with van der Waals surface area (Å²) in [5, 5.41) is 11.1. The van der Waals surface area contributed by atoms with Crippen molar-refractivity contribution in [3.8, 4) is 5.75 Å². The predicted octanol–water partition coefficient (Wildman–Crippen LogP) is 0.969. The van der Waals surface area contributed by atoms with Crippen LogP contribution in [0.2, 0.25) is 0 Å². The first-order valence-corrected chi connectivity index (χ1v) is 12.1. The number of nitrogens with one attached hydrogen (secondary N) is 4. The molecule has 0 fully saturated rings. The molecule has 2 heterocycles. The van der Waals surface area contributed by atoms with E-state index in [2.05, 4.69) is 26.3 Å². The first-order chi connectivity index (χ1) is 17.3. The van der Waals surface area contributed by atoms with E-state index in [0.29, 0.717) is 18.7 Å². The maximum atomic E-state index is 13.1. The molecule has 0 aliphatic carbocycles. The first-order valence-electron chi connectivity index (χ1n) is 12.1. The molecule has 2 atom stereocenters. The SMILES string of the molecule is CC(C)[C@H]1NC(=O)CC[C@@H](C(=O)NCCc2ccccn2)NC(=O)c2ccccc2OCCNC1=O. The molecule has 10 heteroatoms. The van der Waals surface area contributed by atoms with Gasteiger partial charge in [-0.2, -0.15) is 0 Å². The Morgan fingerprint density at radius 2 is 1.89 bits per heavy atom. The van der Waals surface area contributed by atoms with E-state index in [9.17, 15) is 19.2 Å². The van der Waals surface area contributed by atoms with Crippen LogP contribution in [0.25, 0.3) is 0 Å². The Hall–Kier alpha value is -3.95. The fraction of sp³-hybridized carbons (Fsp3) is 0.423. The van der Waals surface area contributed by atoms with Gasteiger partial charge in [-0.3, -0.25) is 24.2 Å². The molecule has 10 nitrogen and oxygen atoms in total. The predicted molar refractivity (Wildman–Crippen MR) is 133 cm³/mol. The molecule has 2 aromatic rings. The van der Waals surface area contributed by atoms with E-state index in [1.54, 1.807) is 30.5 Å². The number of aromatic nitrogens is 1.